The second-order valence-electron chi connectivity index (χ2n) is 6.82. The molecule has 1 aromatic carbocycles. The summed E-state index contributed by atoms with van der Waals surface area (Å²) in [5.41, 5.74) is 1.33. The summed E-state index contributed by atoms with van der Waals surface area (Å²) in [4.78, 5) is 22.0. The molecule has 0 bridgehead atoms. The molecule has 156 valence electrons. The van der Waals surface area contributed by atoms with E-state index in [9.17, 15) is 22.4 Å². The number of nitrogens with one attached hydrogen (secondary N) is 1. The number of carbonyl (C=O) groups excluding carboxylic acids is 1. The standard InChI is InChI=1S/C21H18F4N4O/c1-12-17(14-8-18(29(2)3)19(22)27-10-14)9-16(11-26-12)28-20(30)13-5-4-6-15(7-13)21(23,24)25/h4-11H,1-3H3,(H,28,30). The first-order valence-corrected chi connectivity index (χ1v) is 8.85. The van der Waals surface area contributed by atoms with E-state index in [1.807, 2.05) is 0 Å². The maximum atomic E-state index is 13.9. The molecule has 1 N–H and O–H groups in total. The predicted octanol–water partition coefficient (Wildman–Crippen LogP) is 4.93. The van der Waals surface area contributed by atoms with Gasteiger partial charge in [0.05, 0.1) is 23.1 Å². The van der Waals surface area contributed by atoms with Gasteiger partial charge in [-0.25, -0.2) is 4.98 Å². The Morgan fingerprint density at radius 1 is 1.07 bits per heavy atom. The summed E-state index contributed by atoms with van der Waals surface area (Å²) in [7, 11) is 3.36. The van der Waals surface area contributed by atoms with Gasteiger partial charge >= 0.3 is 6.18 Å². The van der Waals surface area contributed by atoms with Crippen molar-refractivity contribution >= 4 is 17.3 Å². The number of aryl methyl sites for hydroxylation is 1. The molecule has 0 radical (unpaired) electrons. The highest BCUT2D eigenvalue weighted by atomic mass is 19.4. The van der Waals surface area contributed by atoms with E-state index >= 15 is 0 Å². The Bertz CT molecular complexity index is 1100. The predicted molar refractivity (Wildman–Crippen MR) is 106 cm³/mol. The van der Waals surface area contributed by atoms with Gasteiger partial charge in [0.1, 0.15) is 0 Å². The van der Waals surface area contributed by atoms with E-state index in [0.717, 1.165) is 12.1 Å². The molecule has 0 aliphatic carbocycles. The van der Waals surface area contributed by atoms with Gasteiger partial charge in [-0.05, 0) is 37.3 Å². The van der Waals surface area contributed by atoms with Gasteiger partial charge in [0.15, 0.2) is 0 Å². The van der Waals surface area contributed by atoms with Crippen LogP contribution in [0.5, 0.6) is 0 Å². The molecule has 2 heterocycles. The summed E-state index contributed by atoms with van der Waals surface area (Å²) in [6, 6.07) is 7.36. The molecular weight excluding hydrogens is 400 g/mol. The lowest BCUT2D eigenvalue weighted by Gasteiger charge is -2.15. The minimum absolute atomic E-state index is 0.134. The van der Waals surface area contributed by atoms with E-state index in [4.69, 9.17) is 0 Å². The number of pyridine rings is 2. The summed E-state index contributed by atoms with van der Waals surface area (Å²) in [5.74, 6) is -1.33. The third-order valence-electron chi connectivity index (χ3n) is 4.41. The van der Waals surface area contributed by atoms with Crippen molar-refractivity contribution < 1.29 is 22.4 Å². The smallest absolute Gasteiger partial charge is 0.374 e. The van der Waals surface area contributed by atoms with Crippen molar-refractivity contribution in [3.05, 3.63) is 71.6 Å². The van der Waals surface area contributed by atoms with Gasteiger partial charge in [-0.2, -0.15) is 17.6 Å². The maximum Gasteiger partial charge on any atom is 0.416 e. The van der Waals surface area contributed by atoms with Crippen LogP contribution in [-0.2, 0) is 6.18 Å². The number of rotatable bonds is 4. The number of carbonyl (C=O) groups is 1. The fourth-order valence-corrected chi connectivity index (χ4v) is 2.83. The van der Waals surface area contributed by atoms with Crippen molar-refractivity contribution in [3.63, 3.8) is 0 Å². The lowest BCUT2D eigenvalue weighted by Crippen LogP contribution is -2.14. The average molecular weight is 418 g/mol. The Morgan fingerprint density at radius 2 is 1.80 bits per heavy atom. The van der Waals surface area contributed by atoms with Gasteiger partial charge in [0, 0.05) is 42.7 Å². The Balaban J connectivity index is 1.91. The molecule has 0 aliphatic heterocycles. The summed E-state index contributed by atoms with van der Waals surface area (Å²) in [6.45, 7) is 1.74. The highest BCUT2D eigenvalue weighted by Crippen LogP contribution is 2.31. The molecule has 0 unspecified atom stereocenters. The van der Waals surface area contributed by atoms with Crippen molar-refractivity contribution in [1.82, 2.24) is 9.97 Å². The van der Waals surface area contributed by atoms with Crippen LogP contribution in [0.4, 0.5) is 28.9 Å². The summed E-state index contributed by atoms with van der Waals surface area (Å²) in [5, 5.41) is 2.55. The molecule has 0 saturated heterocycles. The number of alkyl halides is 3. The Labute approximate surface area is 170 Å². The maximum absolute atomic E-state index is 13.9. The normalized spacial score (nSPS) is 11.3. The monoisotopic (exact) mass is 418 g/mol. The third-order valence-corrected chi connectivity index (χ3v) is 4.41. The van der Waals surface area contributed by atoms with Crippen molar-refractivity contribution in [2.24, 2.45) is 0 Å². The SMILES string of the molecule is Cc1ncc(NC(=O)c2cccc(C(F)(F)F)c2)cc1-c1cnc(F)c(N(C)C)c1. The van der Waals surface area contributed by atoms with Gasteiger partial charge in [-0.1, -0.05) is 6.07 Å². The molecule has 3 rings (SSSR count). The van der Waals surface area contributed by atoms with Crippen LogP contribution in [0.3, 0.4) is 0 Å². The fraction of sp³-hybridized carbons (Fsp3) is 0.190. The molecule has 1 amide bonds. The van der Waals surface area contributed by atoms with Crippen LogP contribution in [-0.4, -0.2) is 30.0 Å². The number of amides is 1. The highest BCUT2D eigenvalue weighted by Gasteiger charge is 2.30. The number of aromatic nitrogens is 2. The molecule has 5 nitrogen and oxygen atoms in total. The number of halogens is 4. The second kappa shape index (κ2) is 8.10. The zero-order valence-corrected chi connectivity index (χ0v) is 16.4. The first-order chi connectivity index (χ1) is 14.1. The van der Waals surface area contributed by atoms with Gasteiger partial charge in [-0.15, -0.1) is 0 Å². The van der Waals surface area contributed by atoms with Crippen LogP contribution >= 0.6 is 0 Å². The zero-order chi connectivity index (χ0) is 22.1. The van der Waals surface area contributed by atoms with Crippen molar-refractivity contribution in [1.29, 1.82) is 0 Å². The van der Waals surface area contributed by atoms with Gasteiger partial charge in [-0.3, -0.25) is 9.78 Å². The molecule has 0 fully saturated rings. The molecule has 0 spiro atoms. The highest BCUT2D eigenvalue weighted by molar-refractivity contribution is 6.04. The molecule has 0 aliphatic rings. The second-order valence-corrected chi connectivity index (χ2v) is 6.82. The Hall–Kier alpha value is -3.49. The van der Waals surface area contributed by atoms with Crippen molar-refractivity contribution in [3.8, 4) is 11.1 Å². The number of hydrogen-bond donors (Lipinski definition) is 1. The molecule has 0 saturated carbocycles. The quantitative estimate of drug-likeness (QED) is 0.482. The summed E-state index contributed by atoms with van der Waals surface area (Å²) < 4.78 is 52.5. The lowest BCUT2D eigenvalue weighted by atomic mass is 10.1. The van der Waals surface area contributed by atoms with Crippen LogP contribution < -0.4 is 10.2 Å². The van der Waals surface area contributed by atoms with E-state index in [1.165, 1.54) is 24.5 Å². The van der Waals surface area contributed by atoms with Crippen molar-refractivity contribution in [2.45, 2.75) is 13.1 Å². The Morgan fingerprint density at radius 3 is 2.47 bits per heavy atom. The zero-order valence-electron chi connectivity index (χ0n) is 16.4. The van der Waals surface area contributed by atoms with Crippen LogP contribution in [0.25, 0.3) is 11.1 Å². The van der Waals surface area contributed by atoms with Crippen LogP contribution in [0.2, 0.25) is 0 Å². The summed E-state index contributed by atoms with van der Waals surface area (Å²) in [6.07, 6.45) is -1.80. The minimum atomic E-state index is -4.55. The van der Waals surface area contributed by atoms with Crippen LogP contribution in [0, 0.1) is 12.9 Å². The molecule has 3 aromatic rings. The van der Waals surface area contributed by atoms with E-state index in [-0.39, 0.29) is 16.9 Å². The average Bonchev–Trinajstić information content (AvgIpc) is 2.69. The summed E-state index contributed by atoms with van der Waals surface area (Å²) >= 11 is 0. The molecule has 0 atom stereocenters. The number of hydrogen-bond acceptors (Lipinski definition) is 4. The number of nitrogens with zero attached hydrogens (tertiary/aromatic N) is 3. The Kier molecular flexibility index (Phi) is 5.73. The fourth-order valence-electron chi connectivity index (χ4n) is 2.83. The van der Waals surface area contributed by atoms with Crippen LogP contribution in [0.15, 0.2) is 48.8 Å². The van der Waals surface area contributed by atoms with Gasteiger partial charge in [0.25, 0.3) is 5.91 Å². The lowest BCUT2D eigenvalue weighted by molar-refractivity contribution is -0.137. The van der Waals surface area contributed by atoms with E-state index < -0.39 is 23.6 Å². The molecular formula is C21H18F4N4O. The van der Waals surface area contributed by atoms with Crippen molar-refractivity contribution in [2.75, 3.05) is 24.3 Å². The molecule has 2 aromatic heterocycles. The first-order valence-electron chi connectivity index (χ1n) is 8.85. The van der Waals surface area contributed by atoms with E-state index in [0.29, 0.717) is 16.8 Å². The van der Waals surface area contributed by atoms with E-state index in [2.05, 4.69) is 15.3 Å². The number of anilines is 2. The first kappa shape index (κ1) is 21.2. The largest absolute Gasteiger partial charge is 0.416 e. The van der Waals surface area contributed by atoms with Gasteiger partial charge < -0.3 is 10.2 Å². The molecule has 9 heteroatoms. The van der Waals surface area contributed by atoms with Crippen LogP contribution in [0.1, 0.15) is 21.6 Å². The topological polar surface area (TPSA) is 58.1 Å². The molecule has 30 heavy (non-hydrogen) atoms. The number of benzene rings is 1. The minimum Gasteiger partial charge on any atom is -0.374 e. The third kappa shape index (κ3) is 4.56. The van der Waals surface area contributed by atoms with E-state index in [1.54, 1.807) is 38.1 Å². The van der Waals surface area contributed by atoms with Gasteiger partial charge in [0.2, 0.25) is 5.95 Å².